The number of benzene rings is 1. The van der Waals surface area contributed by atoms with E-state index in [0.29, 0.717) is 13.1 Å². The summed E-state index contributed by atoms with van der Waals surface area (Å²) in [4.78, 5) is 13.9. The highest BCUT2D eigenvalue weighted by atomic mass is 32.2. The van der Waals surface area contributed by atoms with Gasteiger partial charge in [0.15, 0.2) is 0 Å². The lowest BCUT2D eigenvalue weighted by Crippen LogP contribution is -2.51. The van der Waals surface area contributed by atoms with Crippen molar-refractivity contribution in [2.45, 2.75) is 56.9 Å². The summed E-state index contributed by atoms with van der Waals surface area (Å²) in [5.74, 6) is -0.773. The van der Waals surface area contributed by atoms with E-state index in [1.165, 1.54) is 41.8 Å². The molecule has 0 bridgehead atoms. The minimum absolute atomic E-state index is 0.0339. The predicted molar refractivity (Wildman–Crippen MR) is 108 cm³/mol. The molecule has 0 aliphatic carbocycles. The molecule has 8 heteroatoms. The molecular weight excluding hydrogens is 381 g/mol. The molecule has 1 aliphatic rings. The van der Waals surface area contributed by atoms with Gasteiger partial charge in [-0.15, -0.1) is 0 Å². The zero-order valence-corrected chi connectivity index (χ0v) is 17.7. The first-order valence-corrected chi connectivity index (χ1v) is 11.5. The number of sulfonamides is 1. The van der Waals surface area contributed by atoms with Crippen LogP contribution >= 0.6 is 0 Å². The Morgan fingerprint density at radius 3 is 2.46 bits per heavy atom. The van der Waals surface area contributed by atoms with Gasteiger partial charge in [0, 0.05) is 32.2 Å². The fraction of sp³-hybridized carbons (Fsp3) is 0.650. The number of nitrogens with zero attached hydrogens (tertiary/aromatic N) is 2. The molecule has 1 heterocycles. The van der Waals surface area contributed by atoms with Crippen LogP contribution in [0, 0.1) is 5.82 Å². The van der Waals surface area contributed by atoms with Crippen molar-refractivity contribution in [3.63, 3.8) is 0 Å². The van der Waals surface area contributed by atoms with Crippen molar-refractivity contribution in [2.75, 3.05) is 32.7 Å². The van der Waals surface area contributed by atoms with Gasteiger partial charge in [-0.25, -0.2) is 12.8 Å². The molecule has 1 atom stereocenters. The fourth-order valence-corrected chi connectivity index (χ4v) is 4.88. The second-order valence-corrected chi connectivity index (χ2v) is 9.33. The van der Waals surface area contributed by atoms with Gasteiger partial charge in [-0.3, -0.25) is 9.69 Å². The van der Waals surface area contributed by atoms with Gasteiger partial charge in [0.25, 0.3) is 0 Å². The van der Waals surface area contributed by atoms with Crippen molar-refractivity contribution in [3.8, 4) is 0 Å². The number of nitrogens with one attached hydrogen (secondary N) is 1. The van der Waals surface area contributed by atoms with Crippen LogP contribution in [0.3, 0.4) is 0 Å². The Kier molecular flexibility index (Phi) is 8.85. The third kappa shape index (κ3) is 6.53. The Balaban J connectivity index is 1.77. The largest absolute Gasteiger partial charge is 0.353 e. The molecule has 1 aromatic carbocycles. The lowest BCUT2D eigenvalue weighted by Gasteiger charge is -2.33. The van der Waals surface area contributed by atoms with Gasteiger partial charge in [-0.05, 0) is 25.5 Å². The summed E-state index contributed by atoms with van der Waals surface area (Å²) < 4.78 is 40.4. The number of rotatable bonds is 10. The maximum Gasteiger partial charge on any atom is 0.246 e. The second-order valence-electron chi connectivity index (χ2n) is 7.43. The van der Waals surface area contributed by atoms with E-state index in [4.69, 9.17) is 0 Å². The number of carbonyl (C=O) groups excluding carboxylic acids is 1. The molecule has 0 radical (unpaired) electrons. The molecule has 1 amide bonds. The maximum absolute atomic E-state index is 13.9. The lowest BCUT2D eigenvalue weighted by molar-refractivity contribution is -0.123. The van der Waals surface area contributed by atoms with Crippen LogP contribution in [0.2, 0.25) is 0 Å². The quantitative estimate of drug-likeness (QED) is 0.599. The van der Waals surface area contributed by atoms with E-state index in [2.05, 4.69) is 12.2 Å². The van der Waals surface area contributed by atoms with Gasteiger partial charge in [0.2, 0.25) is 15.9 Å². The van der Waals surface area contributed by atoms with Crippen LogP contribution in [0.25, 0.3) is 0 Å². The molecule has 0 spiro atoms. The number of amides is 1. The highest BCUT2D eigenvalue weighted by Crippen LogP contribution is 2.20. The summed E-state index contributed by atoms with van der Waals surface area (Å²) in [5, 5.41) is 3.02. The first kappa shape index (κ1) is 22.8. The molecule has 28 heavy (non-hydrogen) atoms. The number of unbranched alkanes of at least 4 members (excludes halogenated alkanes) is 3. The Morgan fingerprint density at radius 2 is 1.82 bits per heavy atom. The molecule has 1 N–H and O–H groups in total. The Bertz CT molecular complexity index is 734. The maximum atomic E-state index is 13.9. The van der Waals surface area contributed by atoms with E-state index in [1.54, 1.807) is 0 Å². The molecule has 158 valence electrons. The van der Waals surface area contributed by atoms with E-state index in [1.807, 2.05) is 11.8 Å². The third-order valence-corrected chi connectivity index (χ3v) is 6.98. The number of piperazine rings is 1. The van der Waals surface area contributed by atoms with Crippen molar-refractivity contribution in [1.29, 1.82) is 0 Å². The average molecular weight is 414 g/mol. The van der Waals surface area contributed by atoms with Crippen LogP contribution in [0.5, 0.6) is 0 Å². The standard InChI is InChI=1S/C20H32FN3O3S/c1-3-4-5-6-9-17(2)22-20(25)16-23-12-14-24(15-13-23)28(26,27)19-11-8-7-10-18(19)21/h7-8,10-11,17H,3-6,9,12-16H2,1-2H3,(H,22,25)/t17-/m0/s1. The molecule has 1 aliphatic heterocycles. The first-order chi connectivity index (χ1) is 13.3. The highest BCUT2D eigenvalue weighted by Gasteiger charge is 2.30. The molecule has 2 rings (SSSR count). The zero-order valence-electron chi connectivity index (χ0n) is 16.9. The third-order valence-electron chi connectivity index (χ3n) is 5.05. The van der Waals surface area contributed by atoms with Crippen LogP contribution in [0.1, 0.15) is 46.0 Å². The minimum Gasteiger partial charge on any atom is -0.353 e. The van der Waals surface area contributed by atoms with Crippen LogP contribution in [0.15, 0.2) is 29.2 Å². The van der Waals surface area contributed by atoms with E-state index < -0.39 is 15.8 Å². The molecule has 0 saturated carbocycles. The first-order valence-electron chi connectivity index (χ1n) is 10.1. The summed E-state index contributed by atoms with van der Waals surface area (Å²) >= 11 is 0. The molecule has 1 saturated heterocycles. The molecular formula is C20H32FN3O3S. The van der Waals surface area contributed by atoms with Crippen LogP contribution in [-0.4, -0.2) is 62.3 Å². The van der Waals surface area contributed by atoms with Crippen molar-refractivity contribution in [3.05, 3.63) is 30.1 Å². The monoisotopic (exact) mass is 413 g/mol. The Morgan fingerprint density at radius 1 is 1.14 bits per heavy atom. The van der Waals surface area contributed by atoms with Gasteiger partial charge >= 0.3 is 0 Å². The van der Waals surface area contributed by atoms with Crippen molar-refractivity contribution in [1.82, 2.24) is 14.5 Å². The topological polar surface area (TPSA) is 69.7 Å². The summed E-state index contributed by atoms with van der Waals surface area (Å²) in [7, 11) is -3.85. The molecule has 6 nitrogen and oxygen atoms in total. The molecule has 0 unspecified atom stereocenters. The summed E-state index contributed by atoms with van der Waals surface area (Å²) in [6.45, 7) is 5.84. The summed E-state index contributed by atoms with van der Waals surface area (Å²) in [5.41, 5.74) is 0. The van der Waals surface area contributed by atoms with E-state index in [9.17, 15) is 17.6 Å². The molecule has 1 fully saturated rings. The fourth-order valence-electron chi connectivity index (χ4n) is 3.39. The number of halogens is 1. The van der Waals surface area contributed by atoms with Gasteiger partial charge in [0.05, 0.1) is 6.54 Å². The van der Waals surface area contributed by atoms with Crippen LogP contribution < -0.4 is 5.32 Å². The molecule has 0 aromatic heterocycles. The van der Waals surface area contributed by atoms with E-state index in [-0.39, 0.29) is 36.5 Å². The summed E-state index contributed by atoms with van der Waals surface area (Å²) in [6.07, 6.45) is 5.69. The van der Waals surface area contributed by atoms with Gasteiger partial charge in [0.1, 0.15) is 10.7 Å². The minimum atomic E-state index is -3.85. The van der Waals surface area contributed by atoms with Crippen molar-refractivity contribution < 1.29 is 17.6 Å². The Labute approximate surface area is 168 Å². The number of hydrogen-bond donors (Lipinski definition) is 1. The van der Waals surface area contributed by atoms with Gasteiger partial charge < -0.3 is 5.32 Å². The van der Waals surface area contributed by atoms with Gasteiger partial charge in [-0.1, -0.05) is 44.7 Å². The van der Waals surface area contributed by atoms with E-state index >= 15 is 0 Å². The van der Waals surface area contributed by atoms with E-state index in [0.717, 1.165) is 18.9 Å². The smallest absolute Gasteiger partial charge is 0.246 e. The van der Waals surface area contributed by atoms with Gasteiger partial charge in [-0.2, -0.15) is 4.31 Å². The van der Waals surface area contributed by atoms with Crippen molar-refractivity contribution in [2.24, 2.45) is 0 Å². The average Bonchev–Trinajstić information content (AvgIpc) is 2.66. The highest BCUT2D eigenvalue weighted by molar-refractivity contribution is 7.89. The number of carbonyl (C=O) groups is 1. The van der Waals surface area contributed by atoms with Crippen LogP contribution in [0.4, 0.5) is 4.39 Å². The lowest BCUT2D eigenvalue weighted by atomic mass is 10.1. The predicted octanol–water partition coefficient (Wildman–Crippen LogP) is 2.61. The van der Waals surface area contributed by atoms with Crippen LogP contribution in [-0.2, 0) is 14.8 Å². The Hall–Kier alpha value is -1.51. The summed E-state index contributed by atoms with van der Waals surface area (Å²) in [6, 6.07) is 5.56. The number of hydrogen-bond acceptors (Lipinski definition) is 4. The normalized spacial score (nSPS) is 17.4. The SMILES string of the molecule is CCCCCC[C@H](C)NC(=O)CN1CCN(S(=O)(=O)c2ccccc2F)CC1. The molecule has 1 aromatic rings. The van der Waals surface area contributed by atoms with Crippen molar-refractivity contribution >= 4 is 15.9 Å². The second kappa shape index (κ2) is 10.9. The zero-order chi connectivity index (χ0) is 20.6.